The highest BCUT2D eigenvalue weighted by Gasteiger charge is 2.11. The summed E-state index contributed by atoms with van der Waals surface area (Å²) in [5, 5.41) is 10.0. The lowest BCUT2D eigenvalue weighted by Gasteiger charge is -2.06. The van der Waals surface area contributed by atoms with Crippen LogP contribution in [0.4, 0.5) is 5.69 Å². The molecule has 0 aliphatic carbocycles. The van der Waals surface area contributed by atoms with Gasteiger partial charge in [-0.25, -0.2) is 0 Å². The van der Waals surface area contributed by atoms with E-state index in [2.05, 4.69) is 15.4 Å². The van der Waals surface area contributed by atoms with Crippen molar-refractivity contribution in [2.75, 3.05) is 19.0 Å². The van der Waals surface area contributed by atoms with Crippen LogP contribution in [0.15, 0.2) is 97.2 Å². The van der Waals surface area contributed by atoms with Gasteiger partial charge in [0, 0.05) is 34.7 Å². The Labute approximate surface area is 214 Å². The lowest BCUT2D eigenvalue weighted by molar-refractivity contribution is -0.139. The topological polar surface area (TPSA) is 102 Å². The molecule has 0 saturated carbocycles. The molecule has 3 aromatic carbocycles. The molecule has 37 heavy (non-hydrogen) atoms. The third-order valence-corrected chi connectivity index (χ3v) is 5.47. The van der Waals surface area contributed by atoms with Crippen molar-refractivity contribution in [2.45, 2.75) is 6.54 Å². The molecule has 0 unspecified atom stereocenters. The van der Waals surface area contributed by atoms with Crippen molar-refractivity contribution in [1.29, 1.82) is 0 Å². The number of amides is 2. The van der Waals surface area contributed by atoms with E-state index in [4.69, 9.17) is 5.10 Å². The van der Waals surface area contributed by atoms with E-state index in [1.807, 2.05) is 71.5 Å². The first-order valence-corrected chi connectivity index (χ1v) is 11.6. The highest BCUT2D eigenvalue weighted by atomic mass is 16.5. The second-order valence-corrected chi connectivity index (χ2v) is 8.14. The average molecular weight is 495 g/mol. The molecule has 0 atom stereocenters. The summed E-state index contributed by atoms with van der Waals surface area (Å²) in [7, 11) is 1.25. The monoisotopic (exact) mass is 494 g/mol. The van der Waals surface area contributed by atoms with Gasteiger partial charge in [0.05, 0.1) is 19.3 Å². The Morgan fingerprint density at radius 1 is 0.919 bits per heavy atom. The number of hydrogen-bond donors (Lipinski definition) is 2. The second-order valence-electron chi connectivity index (χ2n) is 8.14. The molecule has 2 N–H and O–H groups in total. The maximum absolute atomic E-state index is 12.6. The zero-order chi connectivity index (χ0) is 26.0. The third kappa shape index (κ3) is 7.02. The number of rotatable bonds is 9. The largest absolute Gasteiger partial charge is 0.468 e. The smallest absolute Gasteiger partial charge is 0.325 e. The number of carbonyl (C=O) groups excluding carboxylic acids is 3. The minimum absolute atomic E-state index is 0.217. The van der Waals surface area contributed by atoms with Gasteiger partial charge in [0.2, 0.25) is 5.91 Å². The van der Waals surface area contributed by atoms with Crippen LogP contribution >= 0.6 is 0 Å². The van der Waals surface area contributed by atoms with Gasteiger partial charge in [-0.2, -0.15) is 5.10 Å². The lowest BCUT2D eigenvalue weighted by atomic mass is 10.1. The summed E-state index contributed by atoms with van der Waals surface area (Å²) in [6, 6.07) is 26.2. The number of benzene rings is 3. The zero-order valence-corrected chi connectivity index (χ0v) is 20.3. The number of nitrogens with zero attached hydrogens (tertiary/aromatic N) is 2. The van der Waals surface area contributed by atoms with Gasteiger partial charge < -0.3 is 15.4 Å². The summed E-state index contributed by atoms with van der Waals surface area (Å²) in [5.74, 6) is -1.27. The minimum atomic E-state index is -0.537. The predicted octanol–water partition coefficient (Wildman–Crippen LogP) is 4.15. The van der Waals surface area contributed by atoms with E-state index in [1.165, 1.54) is 13.2 Å². The fraction of sp³-hybridized carbons (Fsp3) is 0.103. The number of carbonyl (C=O) groups is 3. The van der Waals surface area contributed by atoms with Crippen molar-refractivity contribution in [3.05, 3.63) is 114 Å². The fourth-order valence-electron chi connectivity index (χ4n) is 3.61. The van der Waals surface area contributed by atoms with Gasteiger partial charge in [-0.15, -0.1) is 0 Å². The number of aromatic nitrogens is 2. The predicted molar refractivity (Wildman–Crippen MR) is 142 cm³/mol. The van der Waals surface area contributed by atoms with Crippen molar-refractivity contribution < 1.29 is 19.1 Å². The van der Waals surface area contributed by atoms with Gasteiger partial charge in [-0.1, -0.05) is 60.7 Å². The van der Waals surface area contributed by atoms with Gasteiger partial charge in [0.25, 0.3) is 5.91 Å². The molecule has 1 heterocycles. The second kappa shape index (κ2) is 12.1. The van der Waals surface area contributed by atoms with Crippen LogP contribution in [0.25, 0.3) is 17.3 Å². The standard InChI is InChI=1S/C29H26N4O4/c1-37-27(35)18-30-29(36)23-12-15-25(16-13-23)31-26(34)17-14-24-20-33(19-21-8-4-2-5-9-21)32-28(24)22-10-6-3-7-11-22/h2-17,20H,18-19H2,1H3,(H,30,36)(H,31,34)/b17-14+. The molecule has 0 fully saturated rings. The summed E-state index contributed by atoms with van der Waals surface area (Å²) >= 11 is 0. The Bertz CT molecular complexity index is 1400. The van der Waals surface area contributed by atoms with E-state index in [1.54, 1.807) is 30.3 Å². The van der Waals surface area contributed by atoms with E-state index in [0.717, 1.165) is 22.4 Å². The van der Waals surface area contributed by atoms with Crippen LogP contribution in [-0.2, 0) is 20.9 Å². The highest BCUT2D eigenvalue weighted by Crippen LogP contribution is 2.23. The van der Waals surface area contributed by atoms with Gasteiger partial charge in [-0.3, -0.25) is 19.1 Å². The van der Waals surface area contributed by atoms with E-state index in [-0.39, 0.29) is 12.5 Å². The van der Waals surface area contributed by atoms with Crippen LogP contribution in [0.1, 0.15) is 21.5 Å². The molecule has 4 rings (SSSR count). The molecule has 186 valence electrons. The Kier molecular flexibility index (Phi) is 8.23. The zero-order valence-electron chi connectivity index (χ0n) is 20.3. The summed E-state index contributed by atoms with van der Waals surface area (Å²) in [5.41, 5.74) is 4.56. The van der Waals surface area contributed by atoms with Gasteiger partial charge in [0.15, 0.2) is 0 Å². The van der Waals surface area contributed by atoms with Gasteiger partial charge >= 0.3 is 5.97 Å². The SMILES string of the molecule is COC(=O)CNC(=O)c1ccc(NC(=O)/C=C/c2cn(Cc3ccccc3)nc2-c2ccccc2)cc1. The van der Waals surface area contributed by atoms with Crippen molar-refractivity contribution in [3.8, 4) is 11.3 Å². The molecule has 0 radical (unpaired) electrons. The summed E-state index contributed by atoms with van der Waals surface area (Å²) in [4.78, 5) is 35.9. The molecule has 0 aliphatic heterocycles. The Morgan fingerprint density at radius 3 is 2.27 bits per heavy atom. The Hall–Kier alpha value is -4.98. The molecular formula is C29H26N4O4. The quantitative estimate of drug-likeness (QED) is 0.269. The lowest BCUT2D eigenvalue weighted by Crippen LogP contribution is -2.30. The van der Waals surface area contributed by atoms with Crippen LogP contribution in [0.2, 0.25) is 0 Å². The van der Waals surface area contributed by atoms with Crippen LogP contribution in [-0.4, -0.2) is 41.2 Å². The van der Waals surface area contributed by atoms with Crippen molar-refractivity contribution in [1.82, 2.24) is 15.1 Å². The summed E-state index contributed by atoms with van der Waals surface area (Å²) < 4.78 is 6.36. The fourth-order valence-corrected chi connectivity index (χ4v) is 3.61. The molecule has 0 aliphatic rings. The average Bonchev–Trinajstić information content (AvgIpc) is 3.34. The summed E-state index contributed by atoms with van der Waals surface area (Å²) in [6.07, 6.45) is 5.11. The summed E-state index contributed by atoms with van der Waals surface area (Å²) in [6.45, 7) is 0.395. The first-order valence-electron chi connectivity index (χ1n) is 11.6. The molecular weight excluding hydrogens is 468 g/mol. The maximum Gasteiger partial charge on any atom is 0.325 e. The number of hydrogen-bond acceptors (Lipinski definition) is 5. The Morgan fingerprint density at radius 2 is 1.59 bits per heavy atom. The van der Waals surface area contributed by atoms with Crippen molar-refractivity contribution in [2.24, 2.45) is 0 Å². The number of methoxy groups -OCH3 is 1. The van der Waals surface area contributed by atoms with Crippen LogP contribution in [0, 0.1) is 0 Å². The van der Waals surface area contributed by atoms with Crippen LogP contribution < -0.4 is 10.6 Å². The van der Waals surface area contributed by atoms with Crippen molar-refractivity contribution >= 4 is 29.5 Å². The highest BCUT2D eigenvalue weighted by molar-refractivity contribution is 6.03. The number of nitrogens with one attached hydrogen (secondary N) is 2. The number of ether oxygens (including phenoxy) is 1. The van der Waals surface area contributed by atoms with Crippen LogP contribution in [0.3, 0.4) is 0 Å². The normalized spacial score (nSPS) is 10.7. The Balaban J connectivity index is 1.44. The van der Waals surface area contributed by atoms with E-state index < -0.39 is 11.9 Å². The number of esters is 1. The molecule has 0 bridgehead atoms. The van der Waals surface area contributed by atoms with Crippen molar-refractivity contribution in [3.63, 3.8) is 0 Å². The molecule has 8 heteroatoms. The third-order valence-electron chi connectivity index (χ3n) is 5.47. The minimum Gasteiger partial charge on any atom is -0.468 e. The maximum atomic E-state index is 12.6. The molecule has 0 spiro atoms. The molecule has 0 saturated heterocycles. The van der Waals surface area contributed by atoms with E-state index >= 15 is 0 Å². The first kappa shape index (κ1) is 25.1. The van der Waals surface area contributed by atoms with E-state index in [0.29, 0.717) is 17.8 Å². The molecule has 8 nitrogen and oxygen atoms in total. The molecule has 2 amide bonds. The number of anilines is 1. The van der Waals surface area contributed by atoms with E-state index in [9.17, 15) is 14.4 Å². The first-order chi connectivity index (χ1) is 18.0. The molecule has 4 aromatic rings. The molecule has 1 aromatic heterocycles. The van der Waals surface area contributed by atoms with Gasteiger partial charge in [-0.05, 0) is 35.9 Å². The van der Waals surface area contributed by atoms with Gasteiger partial charge in [0.1, 0.15) is 6.54 Å². The van der Waals surface area contributed by atoms with Crippen LogP contribution in [0.5, 0.6) is 0 Å².